The van der Waals surface area contributed by atoms with Crippen LogP contribution >= 0.6 is 0 Å². The summed E-state index contributed by atoms with van der Waals surface area (Å²) in [5, 5.41) is 10.8. The first-order valence-electron chi connectivity index (χ1n) is 8.99. The van der Waals surface area contributed by atoms with Crippen molar-refractivity contribution < 1.29 is 19.1 Å². The van der Waals surface area contributed by atoms with E-state index in [0.29, 0.717) is 12.1 Å². The van der Waals surface area contributed by atoms with E-state index in [4.69, 9.17) is 0 Å². The smallest absolute Gasteiger partial charge is 0.295 e. The summed E-state index contributed by atoms with van der Waals surface area (Å²) in [5.41, 5.74) is 1.45. The molecule has 4 rings (SSSR count). The Morgan fingerprint density at radius 2 is 1.97 bits per heavy atom. The summed E-state index contributed by atoms with van der Waals surface area (Å²) in [6, 6.07) is 9.39. The van der Waals surface area contributed by atoms with Gasteiger partial charge in [-0.25, -0.2) is 9.37 Å². The lowest BCUT2D eigenvalue weighted by Crippen LogP contribution is -2.32. The fourth-order valence-corrected chi connectivity index (χ4v) is 3.38. The lowest BCUT2D eigenvalue weighted by atomic mass is 9.98. The number of carbonyl (C=O) groups is 2. The van der Waals surface area contributed by atoms with Crippen molar-refractivity contribution in [3.05, 3.63) is 89.5 Å². The van der Waals surface area contributed by atoms with Crippen molar-refractivity contribution in [3.8, 4) is 0 Å². The second kappa shape index (κ2) is 7.67. The number of aliphatic hydroxyl groups is 1. The molecule has 2 aromatic heterocycles. The van der Waals surface area contributed by atoms with Crippen molar-refractivity contribution in [2.75, 3.05) is 6.54 Å². The van der Waals surface area contributed by atoms with Gasteiger partial charge in [0.1, 0.15) is 17.6 Å². The first-order chi connectivity index (χ1) is 14.1. The zero-order valence-corrected chi connectivity index (χ0v) is 15.2. The molecule has 1 amide bonds. The van der Waals surface area contributed by atoms with E-state index in [1.807, 2.05) is 0 Å². The second-order valence-corrected chi connectivity index (χ2v) is 6.58. The third-order valence-electron chi connectivity index (χ3n) is 4.80. The molecule has 1 fully saturated rings. The first-order valence-corrected chi connectivity index (χ1v) is 8.99. The Hall–Kier alpha value is -3.81. The molecule has 0 saturated carbocycles. The number of ketones is 1. The van der Waals surface area contributed by atoms with E-state index < -0.39 is 23.5 Å². The van der Waals surface area contributed by atoms with Crippen LogP contribution in [-0.4, -0.2) is 43.2 Å². The summed E-state index contributed by atoms with van der Waals surface area (Å²) < 4.78 is 13.3. The molecule has 1 aromatic carbocycles. The Morgan fingerprint density at radius 3 is 2.62 bits per heavy atom. The molecule has 1 atom stereocenters. The highest BCUT2D eigenvalue weighted by Crippen LogP contribution is 2.38. The number of Topliss-reactive ketones (excluding diaryl/α,β-unsaturated/α-hetero) is 1. The average molecular weight is 392 g/mol. The van der Waals surface area contributed by atoms with Crippen molar-refractivity contribution in [2.24, 2.45) is 0 Å². The van der Waals surface area contributed by atoms with Crippen molar-refractivity contribution in [3.63, 3.8) is 0 Å². The van der Waals surface area contributed by atoms with Gasteiger partial charge in [0.2, 0.25) is 0 Å². The normalized spacial score (nSPS) is 18.4. The topological polar surface area (TPSA) is 99.2 Å². The van der Waals surface area contributed by atoms with Crippen LogP contribution in [-0.2, 0) is 16.0 Å². The Morgan fingerprint density at radius 1 is 1.17 bits per heavy atom. The van der Waals surface area contributed by atoms with E-state index in [1.54, 1.807) is 30.6 Å². The third-order valence-corrected chi connectivity index (χ3v) is 4.80. The molecule has 0 aliphatic carbocycles. The fraction of sp³-hybridized carbons (Fsp3) is 0.143. The van der Waals surface area contributed by atoms with Gasteiger partial charge >= 0.3 is 0 Å². The third kappa shape index (κ3) is 3.52. The molecule has 7 nitrogen and oxygen atoms in total. The number of aliphatic hydroxyl groups excluding tert-OH is 1. The number of halogens is 1. The van der Waals surface area contributed by atoms with Gasteiger partial charge in [-0.15, -0.1) is 0 Å². The quantitative estimate of drug-likeness (QED) is 0.395. The maximum Gasteiger partial charge on any atom is 0.295 e. The molecular weight excluding hydrogens is 375 g/mol. The maximum absolute atomic E-state index is 13.3. The maximum atomic E-state index is 13.3. The van der Waals surface area contributed by atoms with Gasteiger partial charge in [0.25, 0.3) is 11.7 Å². The summed E-state index contributed by atoms with van der Waals surface area (Å²) in [6.07, 6.45) is 5.19. The standard InChI is InChI=1S/C21H17FN4O3/c22-14-6-4-13(5-7-14)19(27)17-18(16-3-1-2-9-24-16)26(21(29)20(17)28)10-8-15-11-23-12-25-15/h1-7,9,11-12,18,27H,8,10H2,(H,23,25)/t18-/m1/s1. The molecule has 8 heteroatoms. The van der Waals surface area contributed by atoms with Crippen molar-refractivity contribution in [1.29, 1.82) is 0 Å². The first kappa shape index (κ1) is 18.5. The molecule has 0 radical (unpaired) electrons. The van der Waals surface area contributed by atoms with Crippen LogP contribution in [0.1, 0.15) is 23.0 Å². The average Bonchev–Trinajstić information content (AvgIpc) is 3.34. The van der Waals surface area contributed by atoms with Gasteiger partial charge in [-0.3, -0.25) is 14.6 Å². The highest BCUT2D eigenvalue weighted by atomic mass is 19.1. The number of nitrogens with one attached hydrogen (secondary N) is 1. The lowest BCUT2D eigenvalue weighted by molar-refractivity contribution is -0.139. The molecule has 146 valence electrons. The molecular formula is C21H17FN4O3. The number of H-pyrrole nitrogens is 1. The molecule has 0 unspecified atom stereocenters. The molecule has 1 saturated heterocycles. The summed E-state index contributed by atoms with van der Waals surface area (Å²) >= 11 is 0. The van der Waals surface area contributed by atoms with Gasteiger partial charge in [-0.2, -0.15) is 0 Å². The van der Waals surface area contributed by atoms with Crippen molar-refractivity contribution in [2.45, 2.75) is 12.5 Å². The van der Waals surface area contributed by atoms with Crippen molar-refractivity contribution in [1.82, 2.24) is 19.9 Å². The van der Waals surface area contributed by atoms with Gasteiger partial charge in [0.15, 0.2) is 0 Å². The van der Waals surface area contributed by atoms with Crippen LogP contribution in [0.4, 0.5) is 4.39 Å². The Bertz CT molecular complexity index is 1060. The summed E-state index contributed by atoms with van der Waals surface area (Å²) in [4.78, 5) is 38.2. The van der Waals surface area contributed by atoms with Gasteiger partial charge in [0, 0.05) is 36.6 Å². The SMILES string of the molecule is O=C1C(=O)N(CCc2cnc[nH]2)[C@H](c2ccccn2)C1=C(O)c1ccc(F)cc1. The Kier molecular flexibility index (Phi) is 4.90. The van der Waals surface area contributed by atoms with Crippen LogP contribution in [0.3, 0.4) is 0 Å². The van der Waals surface area contributed by atoms with E-state index in [2.05, 4.69) is 15.0 Å². The number of likely N-dealkylation sites (tertiary alicyclic amines) is 1. The minimum Gasteiger partial charge on any atom is -0.507 e. The number of hydrogen-bond acceptors (Lipinski definition) is 5. The van der Waals surface area contributed by atoms with Crippen LogP contribution in [0.15, 0.2) is 66.8 Å². The van der Waals surface area contributed by atoms with Crippen LogP contribution < -0.4 is 0 Å². The van der Waals surface area contributed by atoms with Crippen molar-refractivity contribution >= 4 is 17.4 Å². The van der Waals surface area contributed by atoms with Crippen LogP contribution in [0.2, 0.25) is 0 Å². The molecule has 0 bridgehead atoms. The summed E-state index contributed by atoms with van der Waals surface area (Å²) in [7, 11) is 0. The van der Waals surface area contributed by atoms with Gasteiger partial charge in [0.05, 0.1) is 17.6 Å². The molecule has 3 aromatic rings. The van der Waals surface area contributed by atoms with Crippen LogP contribution in [0, 0.1) is 5.82 Å². The number of benzene rings is 1. The number of aromatic nitrogens is 3. The largest absolute Gasteiger partial charge is 0.507 e. The van der Waals surface area contributed by atoms with Gasteiger partial charge < -0.3 is 15.0 Å². The summed E-state index contributed by atoms with van der Waals surface area (Å²) in [5.74, 6) is -2.35. The zero-order chi connectivity index (χ0) is 20.4. The van der Waals surface area contributed by atoms with Gasteiger partial charge in [-0.05, 0) is 36.4 Å². The molecule has 2 N–H and O–H groups in total. The van der Waals surface area contributed by atoms with Gasteiger partial charge in [-0.1, -0.05) is 6.07 Å². The van der Waals surface area contributed by atoms with E-state index in [1.165, 1.54) is 35.5 Å². The number of pyridine rings is 1. The number of nitrogens with zero attached hydrogens (tertiary/aromatic N) is 3. The number of hydrogen-bond donors (Lipinski definition) is 2. The predicted octanol–water partition coefficient (Wildman–Crippen LogP) is 2.61. The summed E-state index contributed by atoms with van der Waals surface area (Å²) in [6.45, 7) is 0.230. The number of amides is 1. The van der Waals surface area contributed by atoms with E-state index in [-0.39, 0.29) is 23.4 Å². The molecule has 3 heterocycles. The zero-order valence-electron chi connectivity index (χ0n) is 15.2. The van der Waals surface area contributed by atoms with E-state index in [0.717, 1.165) is 5.69 Å². The van der Waals surface area contributed by atoms with E-state index >= 15 is 0 Å². The highest BCUT2D eigenvalue weighted by Gasteiger charge is 2.46. The minimum absolute atomic E-state index is 0.0649. The second-order valence-electron chi connectivity index (χ2n) is 6.58. The number of imidazole rings is 1. The highest BCUT2D eigenvalue weighted by molar-refractivity contribution is 6.46. The number of carbonyl (C=O) groups excluding carboxylic acids is 2. The molecule has 1 aliphatic rings. The van der Waals surface area contributed by atoms with E-state index in [9.17, 15) is 19.1 Å². The molecule has 1 aliphatic heterocycles. The fourth-order valence-electron chi connectivity index (χ4n) is 3.38. The number of rotatable bonds is 5. The Balaban J connectivity index is 1.78. The molecule has 0 spiro atoms. The minimum atomic E-state index is -0.843. The van der Waals surface area contributed by atoms with Crippen LogP contribution in [0.25, 0.3) is 5.76 Å². The molecule has 29 heavy (non-hydrogen) atoms. The lowest BCUT2D eigenvalue weighted by Gasteiger charge is -2.24. The van der Waals surface area contributed by atoms with Crippen LogP contribution in [0.5, 0.6) is 0 Å². The predicted molar refractivity (Wildman–Crippen MR) is 102 cm³/mol. The number of aromatic amines is 1. The monoisotopic (exact) mass is 392 g/mol. The Labute approximate surface area is 165 Å².